The highest BCUT2D eigenvalue weighted by molar-refractivity contribution is 5.75. The van der Waals surface area contributed by atoms with Crippen molar-refractivity contribution in [2.24, 2.45) is 0 Å². The Kier molecular flexibility index (Phi) is 5.88. The number of carbonyl (C=O) groups is 1. The largest absolute Gasteiger partial charge is 0.388 e. The van der Waals surface area contributed by atoms with Crippen LogP contribution in [0.25, 0.3) is 0 Å². The van der Waals surface area contributed by atoms with Gasteiger partial charge >= 0.3 is 0 Å². The lowest BCUT2D eigenvalue weighted by molar-refractivity contribution is -0.124. The molecule has 1 aliphatic rings. The third-order valence-electron chi connectivity index (χ3n) is 3.22. The summed E-state index contributed by atoms with van der Waals surface area (Å²) in [6, 6.07) is 0. The number of methoxy groups -OCH3 is 1. The summed E-state index contributed by atoms with van der Waals surface area (Å²) in [6.45, 7) is 3.37. The number of nitrogens with one attached hydrogen (secondary N) is 1. The molecule has 0 aromatic carbocycles. The van der Waals surface area contributed by atoms with Gasteiger partial charge in [0.1, 0.15) is 0 Å². The van der Waals surface area contributed by atoms with Gasteiger partial charge in [0, 0.05) is 46.1 Å². The minimum absolute atomic E-state index is 0.0335. The Balaban J connectivity index is 2.18. The lowest BCUT2D eigenvalue weighted by Gasteiger charge is -2.32. The molecule has 0 bridgehead atoms. The summed E-state index contributed by atoms with van der Waals surface area (Å²) in [5, 5.41) is 12.9. The summed E-state index contributed by atoms with van der Waals surface area (Å²) >= 11 is 0. The second-order valence-electron chi connectivity index (χ2n) is 4.70. The first-order valence-corrected chi connectivity index (χ1v) is 6.15. The lowest BCUT2D eigenvalue weighted by atomic mass is 9.94. The van der Waals surface area contributed by atoms with Crippen LogP contribution in [0.3, 0.4) is 0 Å². The SMILES string of the molecule is COC(C)CCC(=O)NCC1(O)CCOCC1. The van der Waals surface area contributed by atoms with E-state index in [0.29, 0.717) is 45.4 Å². The maximum atomic E-state index is 11.5. The summed E-state index contributed by atoms with van der Waals surface area (Å²) in [6.07, 6.45) is 2.39. The zero-order valence-corrected chi connectivity index (χ0v) is 10.7. The van der Waals surface area contributed by atoms with E-state index in [9.17, 15) is 9.90 Å². The number of amides is 1. The highest BCUT2D eigenvalue weighted by Crippen LogP contribution is 2.19. The molecule has 5 nitrogen and oxygen atoms in total. The molecule has 2 N–H and O–H groups in total. The summed E-state index contributed by atoms with van der Waals surface area (Å²) in [5.41, 5.74) is -0.791. The van der Waals surface area contributed by atoms with Crippen LogP contribution in [-0.2, 0) is 14.3 Å². The van der Waals surface area contributed by atoms with Crippen molar-refractivity contribution in [2.45, 2.75) is 44.3 Å². The standard InChI is InChI=1S/C12H23NO4/c1-10(16-2)3-4-11(14)13-9-12(15)5-7-17-8-6-12/h10,15H,3-9H2,1-2H3,(H,13,14). The smallest absolute Gasteiger partial charge is 0.220 e. The van der Waals surface area contributed by atoms with Gasteiger partial charge in [0.05, 0.1) is 11.7 Å². The Morgan fingerprint density at radius 2 is 2.18 bits per heavy atom. The van der Waals surface area contributed by atoms with Gasteiger partial charge in [-0.05, 0) is 13.3 Å². The molecule has 100 valence electrons. The number of carbonyl (C=O) groups excluding carboxylic acids is 1. The zero-order valence-electron chi connectivity index (χ0n) is 10.7. The summed E-state index contributed by atoms with van der Waals surface area (Å²) < 4.78 is 10.2. The van der Waals surface area contributed by atoms with Crippen LogP contribution >= 0.6 is 0 Å². The van der Waals surface area contributed by atoms with Crippen molar-refractivity contribution < 1.29 is 19.4 Å². The minimum Gasteiger partial charge on any atom is -0.388 e. The van der Waals surface area contributed by atoms with Crippen LogP contribution in [0.1, 0.15) is 32.6 Å². The fraction of sp³-hybridized carbons (Fsp3) is 0.917. The van der Waals surface area contributed by atoms with Gasteiger partial charge in [-0.25, -0.2) is 0 Å². The first kappa shape index (κ1) is 14.4. The zero-order chi connectivity index (χ0) is 12.7. The normalized spacial score (nSPS) is 20.9. The van der Waals surface area contributed by atoms with E-state index in [0.717, 1.165) is 0 Å². The highest BCUT2D eigenvalue weighted by Gasteiger charge is 2.29. The van der Waals surface area contributed by atoms with Gasteiger partial charge in [0.2, 0.25) is 5.91 Å². The predicted octanol–water partition coefficient (Wildman–Crippen LogP) is 0.459. The predicted molar refractivity (Wildman–Crippen MR) is 63.7 cm³/mol. The molecule has 1 fully saturated rings. The average molecular weight is 245 g/mol. The fourth-order valence-electron chi connectivity index (χ4n) is 1.73. The second-order valence-corrected chi connectivity index (χ2v) is 4.70. The molecule has 1 rings (SSSR count). The molecule has 17 heavy (non-hydrogen) atoms. The number of ether oxygens (including phenoxy) is 2. The first-order chi connectivity index (χ1) is 8.06. The average Bonchev–Trinajstić information content (AvgIpc) is 2.34. The fourth-order valence-corrected chi connectivity index (χ4v) is 1.73. The van der Waals surface area contributed by atoms with Crippen molar-refractivity contribution in [3.63, 3.8) is 0 Å². The second kappa shape index (κ2) is 6.93. The number of aliphatic hydroxyl groups is 1. The van der Waals surface area contributed by atoms with Crippen molar-refractivity contribution in [1.82, 2.24) is 5.32 Å². The van der Waals surface area contributed by atoms with Crippen molar-refractivity contribution in [3.8, 4) is 0 Å². The van der Waals surface area contributed by atoms with E-state index < -0.39 is 5.60 Å². The molecule has 1 atom stereocenters. The van der Waals surface area contributed by atoms with Gasteiger partial charge in [0.25, 0.3) is 0 Å². The van der Waals surface area contributed by atoms with Gasteiger partial charge in [0.15, 0.2) is 0 Å². The van der Waals surface area contributed by atoms with Crippen LogP contribution in [0.2, 0.25) is 0 Å². The van der Waals surface area contributed by atoms with Crippen LogP contribution in [-0.4, -0.2) is 49.6 Å². The molecule has 1 unspecified atom stereocenters. The van der Waals surface area contributed by atoms with Gasteiger partial charge < -0.3 is 19.9 Å². The number of hydrogen-bond acceptors (Lipinski definition) is 4. The first-order valence-electron chi connectivity index (χ1n) is 6.15. The summed E-state index contributed by atoms with van der Waals surface area (Å²) in [4.78, 5) is 11.5. The van der Waals surface area contributed by atoms with E-state index >= 15 is 0 Å². The molecule has 1 saturated heterocycles. The van der Waals surface area contributed by atoms with Crippen LogP contribution < -0.4 is 5.32 Å². The molecular formula is C12H23NO4. The van der Waals surface area contributed by atoms with Gasteiger partial charge in [-0.2, -0.15) is 0 Å². The highest BCUT2D eigenvalue weighted by atomic mass is 16.5. The van der Waals surface area contributed by atoms with Crippen LogP contribution in [0.4, 0.5) is 0 Å². The van der Waals surface area contributed by atoms with E-state index in [4.69, 9.17) is 9.47 Å². The van der Waals surface area contributed by atoms with Crippen LogP contribution in [0, 0.1) is 0 Å². The third kappa shape index (κ3) is 5.48. The minimum atomic E-state index is -0.791. The third-order valence-corrected chi connectivity index (χ3v) is 3.22. The molecule has 0 aromatic heterocycles. The molecule has 1 amide bonds. The Bertz CT molecular complexity index is 239. The Hall–Kier alpha value is -0.650. The van der Waals surface area contributed by atoms with Crippen LogP contribution in [0.5, 0.6) is 0 Å². The van der Waals surface area contributed by atoms with Gasteiger partial charge in [-0.15, -0.1) is 0 Å². The Labute approximate surface area is 102 Å². The molecule has 0 aromatic rings. The van der Waals surface area contributed by atoms with E-state index in [1.54, 1.807) is 7.11 Å². The Morgan fingerprint density at radius 3 is 2.76 bits per heavy atom. The van der Waals surface area contributed by atoms with Crippen molar-refractivity contribution in [3.05, 3.63) is 0 Å². The monoisotopic (exact) mass is 245 g/mol. The van der Waals surface area contributed by atoms with Crippen LogP contribution in [0.15, 0.2) is 0 Å². The maximum Gasteiger partial charge on any atom is 0.220 e. The molecule has 0 saturated carbocycles. The van der Waals surface area contributed by atoms with Crippen molar-refractivity contribution in [1.29, 1.82) is 0 Å². The number of hydrogen-bond donors (Lipinski definition) is 2. The number of rotatable bonds is 6. The van der Waals surface area contributed by atoms with Crippen molar-refractivity contribution in [2.75, 3.05) is 26.9 Å². The summed E-state index contributed by atoms with van der Waals surface area (Å²) in [7, 11) is 1.63. The maximum absolute atomic E-state index is 11.5. The molecule has 0 aliphatic carbocycles. The van der Waals surface area contributed by atoms with Gasteiger partial charge in [-0.1, -0.05) is 0 Å². The van der Waals surface area contributed by atoms with Gasteiger partial charge in [-0.3, -0.25) is 4.79 Å². The molecule has 1 heterocycles. The summed E-state index contributed by atoms with van der Waals surface area (Å²) in [5.74, 6) is -0.0335. The van der Waals surface area contributed by atoms with Crippen molar-refractivity contribution >= 4 is 5.91 Å². The lowest BCUT2D eigenvalue weighted by Crippen LogP contribution is -2.46. The van der Waals surface area contributed by atoms with E-state index in [-0.39, 0.29) is 12.0 Å². The van der Waals surface area contributed by atoms with E-state index in [2.05, 4.69) is 5.32 Å². The molecular weight excluding hydrogens is 222 g/mol. The molecule has 0 spiro atoms. The van der Waals surface area contributed by atoms with E-state index in [1.807, 2.05) is 6.92 Å². The molecule has 5 heteroatoms. The quantitative estimate of drug-likeness (QED) is 0.713. The molecule has 1 aliphatic heterocycles. The topological polar surface area (TPSA) is 67.8 Å². The van der Waals surface area contributed by atoms with E-state index in [1.165, 1.54) is 0 Å². The Morgan fingerprint density at radius 1 is 1.53 bits per heavy atom. The molecule has 0 radical (unpaired) electrons.